The summed E-state index contributed by atoms with van der Waals surface area (Å²) in [4.78, 5) is 14.1. The lowest BCUT2D eigenvalue weighted by atomic mass is 9.41. The van der Waals surface area contributed by atoms with Crippen LogP contribution in [-0.4, -0.2) is 66.3 Å². The number of carbonyl (C=O) groups is 1. The predicted molar refractivity (Wildman–Crippen MR) is 135 cm³/mol. The summed E-state index contributed by atoms with van der Waals surface area (Å²) >= 11 is 0. The van der Waals surface area contributed by atoms with E-state index in [-0.39, 0.29) is 29.1 Å². The van der Waals surface area contributed by atoms with Crippen LogP contribution in [0.1, 0.15) is 85.0 Å². The summed E-state index contributed by atoms with van der Waals surface area (Å²) in [5, 5.41) is 22.3. The number of fused-ring (bicyclic) bond motifs is 5. The molecule has 1 aliphatic heterocycles. The monoisotopic (exact) mass is 491 g/mol. The highest BCUT2D eigenvalue weighted by molar-refractivity contribution is 5.67. The van der Waals surface area contributed by atoms with Crippen LogP contribution in [0.15, 0.2) is 0 Å². The second-order valence-electron chi connectivity index (χ2n) is 13.1. The molecule has 5 aliphatic rings. The third kappa shape index (κ3) is 4.44. The van der Waals surface area contributed by atoms with E-state index in [9.17, 15) is 15.0 Å². The molecule has 6 heteroatoms. The van der Waals surface area contributed by atoms with Crippen molar-refractivity contribution in [3.8, 4) is 0 Å². The Morgan fingerprint density at radius 3 is 2.46 bits per heavy atom. The first-order valence-corrected chi connectivity index (χ1v) is 14.6. The summed E-state index contributed by atoms with van der Waals surface area (Å²) in [7, 11) is 0. The topological polar surface area (TPSA) is 79.2 Å². The maximum Gasteiger partial charge on any atom is 0.409 e. The molecule has 200 valence electrons. The van der Waals surface area contributed by atoms with Gasteiger partial charge in [-0.2, -0.15) is 0 Å². The Balaban J connectivity index is 1.23. The van der Waals surface area contributed by atoms with Crippen molar-refractivity contribution in [2.45, 2.75) is 97.2 Å². The van der Waals surface area contributed by atoms with Gasteiger partial charge in [0.25, 0.3) is 0 Å². The van der Waals surface area contributed by atoms with Crippen LogP contribution in [0, 0.1) is 46.3 Å². The summed E-state index contributed by atoms with van der Waals surface area (Å²) in [6, 6.07) is 0. The van der Waals surface area contributed by atoms with Gasteiger partial charge >= 0.3 is 6.09 Å². The normalized spacial score (nSPS) is 47.5. The lowest BCUT2D eigenvalue weighted by Crippen LogP contribution is -2.62. The Kier molecular flexibility index (Phi) is 7.47. The van der Waals surface area contributed by atoms with Crippen molar-refractivity contribution in [3.05, 3.63) is 0 Å². The summed E-state index contributed by atoms with van der Waals surface area (Å²) < 4.78 is 10.9. The number of ether oxygens (including phenoxy) is 2. The lowest BCUT2D eigenvalue weighted by molar-refractivity contribution is -0.202. The van der Waals surface area contributed by atoms with Crippen LogP contribution in [-0.2, 0) is 9.47 Å². The molecule has 0 aromatic rings. The van der Waals surface area contributed by atoms with Crippen LogP contribution < -0.4 is 0 Å². The predicted octanol–water partition coefficient (Wildman–Crippen LogP) is 4.86. The Morgan fingerprint density at radius 2 is 1.71 bits per heavy atom. The van der Waals surface area contributed by atoms with E-state index in [0.29, 0.717) is 68.4 Å². The van der Waals surface area contributed by atoms with E-state index in [1.54, 1.807) is 4.90 Å². The second kappa shape index (κ2) is 10.1. The van der Waals surface area contributed by atoms with Crippen LogP contribution in [0.25, 0.3) is 0 Å². The van der Waals surface area contributed by atoms with E-state index < -0.39 is 0 Å². The van der Waals surface area contributed by atoms with Crippen molar-refractivity contribution in [2.75, 3.05) is 32.9 Å². The summed E-state index contributed by atoms with van der Waals surface area (Å²) in [5.41, 5.74) is 0.545. The van der Waals surface area contributed by atoms with Gasteiger partial charge < -0.3 is 24.6 Å². The molecule has 4 aliphatic carbocycles. The number of aliphatic hydroxyl groups is 2. The number of amides is 1. The minimum absolute atomic E-state index is 0.187. The zero-order valence-electron chi connectivity index (χ0n) is 22.3. The molecule has 0 spiro atoms. The van der Waals surface area contributed by atoms with E-state index in [2.05, 4.69) is 20.8 Å². The molecule has 4 saturated carbocycles. The third-order valence-electron chi connectivity index (χ3n) is 11.8. The third-order valence-corrected chi connectivity index (χ3v) is 11.8. The van der Waals surface area contributed by atoms with Crippen molar-refractivity contribution in [2.24, 2.45) is 46.3 Å². The van der Waals surface area contributed by atoms with Crippen LogP contribution >= 0.6 is 0 Å². The van der Waals surface area contributed by atoms with Crippen LogP contribution in [0.5, 0.6) is 0 Å². The van der Waals surface area contributed by atoms with Gasteiger partial charge in [-0.3, -0.25) is 0 Å². The zero-order valence-corrected chi connectivity index (χ0v) is 22.3. The van der Waals surface area contributed by atoms with Gasteiger partial charge in [0.15, 0.2) is 0 Å². The minimum atomic E-state index is -0.230. The van der Waals surface area contributed by atoms with Gasteiger partial charge in [-0.1, -0.05) is 27.2 Å². The summed E-state index contributed by atoms with van der Waals surface area (Å²) in [6.07, 6.45) is 10.3. The Morgan fingerprint density at radius 1 is 1.00 bits per heavy atom. The summed E-state index contributed by atoms with van der Waals surface area (Å²) in [6.45, 7) is 10.2. The Labute approximate surface area is 212 Å². The van der Waals surface area contributed by atoms with Crippen molar-refractivity contribution in [3.63, 3.8) is 0 Å². The molecule has 1 saturated heterocycles. The van der Waals surface area contributed by atoms with Gasteiger partial charge in [-0.15, -0.1) is 0 Å². The Hall–Kier alpha value is -0.850. The SMILES string of the molecule is CC[C@H]1[C@@H](O)[C@@H]2[C@H](CC[C@]3(C)[C@@H](CCCOC(=O)N4CCOCC4)CC[C@@H]23)[C@@]2(C)CC[C@@H](O)C[C@@H]12. The summed E-state index contributed by atoms with van der Waals surface area (Å²) in [5.74, 6) is 3.01. The van der Waals surface area contributed by atoms with Crippen molar-refractivity contribution < 1.29 is 24.5 Å². The Bertz CT molecular complexity index is 755. The number of morpholine rings is 1. The standard InChI is InChI=1S/C29H49NO5/c1-4-21-24-18-20(31)9-11-29(24,3)23-10-12-28(2)19(7-8-22(28)25(23)26(21)32)6-5-15-35-27(33)30-13-16-34-17-14-30/h19-26,31-32H,4-18H2,1-3H3/t19-,20+,21+,22-,23-,24-,25-,26+,28+,29+/m0/s1. The van der Waals surface area contributed by atoms with Crippen LogP contribution in [0.4, 0.5) is 4.79 Å². The molecular weight excluding hydrogens is 442 g/mol. The molecular formula is C29H49NO5. The van der Waals surface area contributed by atoms with Crippen LogP contribution in [0.3, 0.4) is 0 Å². The van der Waals surface area contributed by atoms with Crippen molar-refractivity contribution in [1.82, 2.24) is 4.90 Å². The molecule has 2 N–H and O–H groups in total. The molecule has 5 fully saturated rings. The second-order valence-corrected chi connectivity index (χ2v) is 13.1. The lowest BCUT2D eigenvalue weighted by Gasteiger charge is -2.64. The van der Waals surface area contributed by atoms with E-state index >= 15 is 0 Å². The molecule has 1 heterocycles. The zero-order chi connectivity index (χ0) is 24.8. The number of rotatable bonds is 5. The highest BCUT2D eigenvalue weighted by Crippen LogP contribution is 2.69. The molecule has 0 aromatic heterocycles. The molecule has 0 unspecified atom stereocenters. The first-order chi connectivity index (χ1) is 16.8. The molecule has 0 bridgehead atoms. The van der Waals surface area contributed by atoms with Gasteiger partial charge in [0.05, 0.1) is 32.0 Å². The van der Waals surface area contributed by atoms with Gasteiger partial charge in [-0.25, -0.2) is 4.79 Å². The van der Waals surface area contributed by atoms with Gasteiger partial charge in [0.1, 0.15) is 0 Å². The average molecular weight is 492 g/mol. The molecule has 0 radical (unpaired) electrons. The largest absolute Gasteiger partial charge is 0.449 e. The molecule has 6 nitrogen and oxygen atoms in total. The fourth-order valence-electron chi connectivity index (χ4n) is 9.87. The molecule has 5 rings (SSSR count). The maximum atomic E-state index is 12.3. The minimum Gasteiger partial charge on any atom is -0.449 e. The van der Waals surface area contributed by atoms with Crippen LogP contribution in [0.2, 0.25) is 0 Å². The fraction of sp³-hybridized carbons (Fsp3) is 0.966. The van der Waals surface area contributed by atoms with Crippen molar-refractivity contribution in [1.29, 1.82) is 0 Å². The van der Waals surface area contributed by atoms with Crippen molar-refractivity contribution >= 4 is 6.09 Å². The number of hydrogen-bond acceptors (Lipinski definition) is 5. The number of carbonyl (C=O) groups excluding carboxylic acids is 1. The van der Waals surface area contributed by atoms with E-state index in [4.69, 9.17) is 9.47 Å². The molecule has 0 aromatic carbocycles. The van der Waals surface area contributed by atoms with E-state index in [1.165, 1.54) is 25.7 Å². The highest BCUT2D eigenvalue weighted by atomic mass is 16.6. The number of aliphatic hydroxyl groups excluding tert-OH is 2. The van der Waals surface area contributed by atoms with Gasteiger partial charge in [-0.05, 0) is 104 Å². The first kappa shape index (κ1) is 25.8. The fourth-order valence-corrected chi connectivity index (χ4v) is 9.87. The smallest absolute Gasteiger partial charge is 0.409 e. The quantitative estimate of drug-likeness (QED) is 0.537. The molecule has 35 heavy (non-hydrogen) atoms. The van der Waals surface area contributed by atoms with E-state index in [1.807, 2.05) is 0 Å². The maximum absolute atomic E-state index is 12.3. The van der Waals surface area contributed by atoms with Gasteiger partial charge in [0, 0.05) is 13.1 Å². The number of hydrogen-bond donors (Lipinski definition) is 2. The molecule has 1 amide bonds. The molecule has 10 atom stereocenters. The first-order valence-electron chi connectivity index (χ1n) is 14.6. The number of nitrogens with zero attached hydrogens (tertiary/aromatic N) is 1. The highest BCUT2D eigenvalue weighted by Gasteiger charge is 2.64. The average Bonchev–Trinajstić information content (AvgIpc) is 3.19. The van der Waals surface area contributed by atoms with Gasteiger partial charge in [0.2, 0.25) is 0 Å². The van der Waals surface area contributed by atoms with E-state index in [0.717, 1.165) is 38.5 Å².